The first-order valence-corrected chi connectivity index (χ1v) is 9.35. The lowest BCUT2D eigenvalue weighted by Gasteiger charge is -2.12. The van der Waals surface area contributed by atoms with Gasteiger partial charge in [-0.3, -0.25) is 4.57 Å². The summed E-state index contributed by atoms with van der Waals surface area (Å²) in [6, 6.07) is 17.9. The molecule has 0 unspecified atom stereocenters. The largest absolute Gasteiger partial charge is 0.357 e. The molecular weight excluding hydrogens is 360 g/mol. The third-order valence-corrected chi connectivity index (χ3v) is 4.39. The predicted molar refractivity (Wildman–Crippen MR) is 109 cm³/mol. The van der Waals surface area contributed by atoms with Gasteiger partial charge in [0.2, 0.25) is 0 Å². The van der Waals surface area contributed by atoms with Gasteiger partial charge >= 0.3 is 0 Å². The SMILES string of the molecule is CCNC(=NCc1nncn1-c1ccccc1)NCCc1ccccc1Cl. The molecule has 0 aliphatic rings. The predicted octanol–water partition coefficient (Wildman–Crippen LogP) is 3.22. The molecule has 0 spiro atoms. The van der Waals surface area contributed by atoms with Gasteiger partial charge < -0.3 is 10.6 Å². The Hall–Kier alpha value is -2.86. The third-order valence-electron chi connectivity index (χ3n) is 4.02. The highest BCUT2D eigenvalue weighted by Crippen LogP contribution is 2.14. The van der Waals surface area contributed by atoms with Gasteiger partial charge in [-0.2, -0.15) is 0 Å². The summed E-state index contributed by atoms with van der Waals surface area (Å²) in [5.74, 6) is 1.52. The molecule has 0 saturated heterocycles. The number of hydrogen-bond acceptors (Lipinski definition) is 3. The fourth-order valence-corrected chi connectivity index (χ4v) is 2.91. The molecule has 2 N–H and O–H groups in total. The number of guanidine groups is 1. The molecule has 0 atom stereocenters. The minimum absolute atomic E-state index is 0.427. The van der Waals surface area contributed by atoms with Gasteiger partial charge in [-0.25, -0.2) is 4.99 Å². The van der Waals surface area contributed by atoms with Crippen LogP contribution in [-0.4, -0.2) is 33.8 Å². The summed E-state index contributed by atoms with van der Waals surface area (Å²) in [7, 11) is 0. The van der Waals surface area contributed by atoms with Gasteiger partial charge in [-0.05, 0) is 37.1 Å². The summed E-state index contributed by atoms with van der Waals surface area (Å²) in [5.41, 5.74) is 2.13. The van der Waals surface area contributed by atoms with Gasteiger partial charge in [0.15, 0.2) is 11.8 Å². The van der Waals surface area contributed by atoms with Crippen molar-refractivity contribution in [3.63, 3.8) is 0 Å². The van der Waals surface area contributed by atoms with Gasteiger partial charge in [-0.15, -0.1) is 10.2 Å². The molecule has 1 aromatic heterocycles. The van der Waals surface area contributed by atoms with Crippen molar-refractivity contribution in [1.29, 1.82) is 0 Å². The molecule has 0 bridgehead atoms. The molecule has 0 fully saturated rings. The molecule has 2 aromatic carbocycles. The van der Waals surface area contributed by atoms with E-state index < -0.39 is 0 Å². The standard InChI is InChI=1S/C20H23ClN6/c1-2-22-20(23-13-12-16-8-6-7-11-18(16)21)24-14-19-26-25-15-27(19)17-9-4-3-5-10-17/h3-11,15H,2,12-14H2,1H3,(H2,22,23,24). The van der Waals surface area contributed by atoms with Crippen LogP contribution in [0.3, 0.4) is 0 Å². The van der Waals surface area contributed by atoms with Gasteiger partial charge in [-0.1, -0.05) is 48.0 Å². The Kier molecular flexibility index (Phi) is 6.82. The first kappa shape index (κ1) is 18.9. The summed E-state index contributed by atoms with van der Waals surface area (Å²) in [6.07, 6.45) is 2.53. The van der Waals surface area contributed by atoms with Crippen molar-refractivity contribution >= 4 is 17.6 Å². The number of aromatic nitrogens is 3. The van der Waals surface area contributed by atoms with E-state index in [4.69, 9.17) is 11.6 Å². The van der Waals surface area contributed by atoms with E-state index in [1.54, 1.807) is 6.33 Å². The molecule has 0 amide bonds. The number of para-hydroxylation sites is 1. The van der Waals surface area contributed by atoms with E-state index in [0.717, 1.165) is 47.6 Å². The van der Waals surface area contributed by atoms with Gasteiger partial charge in [0.1, 0.15) is 12.9 Å². The van der Waals surface area contributed by atoms with Crippen molar-refractivity contribution in [2.75, 3.05) is 13.1 Å². The van der Waals surface area contributed by atoms with E-state index in [1.165, 1.54) is 0 Å². The topological polar surface area (TPSA) is 67.1 Å². The van der Waals surface area contributed by atoms with Crippen LogP contribution < -0.4 is 10.6 Å². The Morgan fingerprint density at radius 3 is 2.63 bits per heavy atom. The monoisotopic (exact) mass is 382 g/mol. The number of nitrogens with zero attached hydrogens (tertiary/aromatic N) is 4. The molecule has 27 heavy (non-hydrogen) atoms. The zero-order valence-electron chi connectivity index (χ0n) is 15.3. The molecule has 0 radical (unpaired) electrons. The number of halogens is 1. The van der Waals surface area contributed by atoms with Crippen LogP contribution >= 0.6 is 11.6 Å². The second-order valence-electron chi connectivity index (χ2n) is 5.92. The van der Waals surface area contributed by atoms with Crippen LogP contribution in [0, 0.1) is 0 Å². The van der Waals surface area contributed by atoms with E-state index in [0.29, 0.717) is 6.54 Å². The van der Waals surface area contributed by atoms with Crippen molar-refractivity contribution < 1.29 is 0 Å². The molecule has 1 heterocycles. The Bertz CT molecular complexity index is 875. The molecule has 7 heteroatoms. The van der Waals surface area contributed by atoms with Gasteiger partial charge in [0, 0.05) is 23.8 Å². The molecule has 0 saturated carbocycles. The lowest BCUT2D eigenvalue weighted by molar-refractivity contribution is 0.784. The summed E-state index contributed by atoms with van der Waals surface area (Å²) < 4.78 is 1.94. The fourth-order valence-electron chi connectivity index (χ4n) is 2.68. The maximum Gasteiger partial charge on any atom is 0.191 e. The average molecular weight is 383 g/mol. The second kappa shape index (κ2) is 9.73. The summed E-state index contributed by atoms with van der Waals surface area (Å²) in [6.45, 7) is 3.98. The molecule has 0 aliphatic heterocycles. The molecular formula is C20H23ClN6. The van der Waals surface area contributed by atoms with Crippen LogP contribution in [0.25, 0.3) is 5.69 Å². The lowest BCUT2D eigenvalue weighted by atomic mass is 10.1. The second-order valence-corrected chi connectivity index (χ2v) is 6.32. The summed E-state index contributed by atoms with van der Waals surface area (Å²) >= 11 is 6.21. The highest BCUT2D eigenvalue weighted by atomic mass is 35.5. The van der Waals surface area contributed by atoms with Crippen LogP contribution in [0.2, 0.25) is 5.02 Å². The maximum atomic E-state index is 6.21. The molecule has 3 rings (SSSR count). The van der Waals surface area contributed by atoms with Crippen LogP contribution in [0.5, 0.6) is 0 Å². The van der Waals surface area contributed by atoms with Gasteiger partial charge in [0.05, 0.1) is 0 Å². The number of nitrogens with one attached hydrogen (secondary N) is 2. The highest BCUT2D eigenvalue weighted by molar-refractivity contribution is 6.31. The first-order valence-electron chi connectivity index (χ1n) is 8.98. The highest BCUT2D eigenvalue weighted by Gasteiger charge is 2.06. The molecule has 6 nitrogen and oxygen atoms in total. The third kappa shape index (κ3) is 5.31. The van der Waals surface area contributed by atoms with Crippen LogP contribution in [-0.2, 0) is 13.0 Å². The van der Waals surface area contributed by atoms with Crippen molar-refractivity contribution in [3.8, 4) is 5.69 Å². The summed E-state index contributed by atoms with van der Waals surface area (Å²) in [4.78, 5) is 4.63. The number of aliphatic imine (C=N–C) groups is 1. The first-order chi connectivity index (χ1) is 13.3. The van der Waals surface area contributed by atoms with Crippen LogP contribution in [0.4, 0.5) is 0 Å². The Morgan fingerprint density at radius 1 is 1.07 bits per heavy atom. The van der Waals surface area contributed by atoms with E-state index in [2.05, 4.69) is 25.8 Å². The average Bonchev–Trinajstić information content (AvgIpc) is 3.17. The van der Waals surface area contributed by atoms with Crippen molar-refractivity contribution in [2.24, 2.45) is 4.99 Å². The zero-order chi connectivity index (χ0) is 18.9. The smallest absolute Gasteiger partial charge is 0.191 e. The van der Waals surface area contributed by atoms with E-state index in [-0.39, 0.29) is 0 Å². The fraction of sp³-hybridized carbons (Fsp3) is 0.250. The Balaban J connectivity index is 1.63. The van der Waals surface area contributed by atoms with E-state index >= 15 is 0 Å². The minimum Gasteiger partial charge on any atom is -0.357 e. The van der Waals surface area contributed by atoms with Crippen LogP contribution in [0.1, 0.15) is 18.3 Å². The lowest BCUT2D eigenvalue weighted by Crippen LogP contribution is -2.38. The van der Waals surface area contributed by atoms with Crippen LogP contribution in [0.15, 0.2) is 65.9 Å². The van der Waals surface area contributed by atoms with E-state index in [9.17, 15) is 0 Å². The normalized spacial score (nSPS) is 11.4. The number of benzene rings is 2. The molecule has 0 aliphatic carbocycles. The number of rotatable bonds is 7. The van der Waals surface area contributed by atoms with E-state index in [1.807, 2.05) is 66.1 Å². The van der Waals surface area contributed by atoms with Gasteiger partial charge in [0.25, 0.3) is 0 Å². The van der Waals surface area contributed by atoms with Crippen molar-refractivity contribution in [3.05, 3.63) is 77.3 Å². The summed E-state index contributed by atoms with van der Waals surface area (Å²) in [5, 5.41) is 15.6. The Labute approximate surface area is 164 Å². The van der Waals surface area contributed by atoms with Crippen molar-refractivity contribution in [2.45, 2.75) is 19.9 Å². The minimum atomic E-state index is 0.427. The Morgan fingerprint density at radius 2 is 1.85 bits per heavy atom. The quantitative estimate of drug-likeness (QED) is 0.486. The number of hydrogen-bond donors (Lipinski definition) is 2. The zero-order valence-corrected chi connectivity index (χ0v) is 16.0. The molecule has 3 aromatic rings. The maximum absolute atomic E-state index is 6.21. The molecule has 140 valence electrons. The van der Waals surface area contributed by atoms with Crippen molar-refractivity contribution in [1.82, 2.24) is 25.4 Å².